The Morgan fingerprint density at radius 1 is 1.17 bits per heavy atom. The van der Waals surface area contributed by atoms with Crippen molar-refractivity contribution in [3.05, 3.63) is 65.5 Å². The third-order valence-corrected chi connectivity index (χ3v) is 5.33. The minimum absolute atomic E-state index is 0.00920. The van der Waals surface area contributed by atoms with Gasteiger partial charge < -0.3 is 20.3 Å². The van der Waals surface area contributed by atoms with Crippen LogP contribution in [0.1, 0.15) is 24.0 Å². The molecule has 30 heavy (non-hydrogen) atoms. The van der Waals surface area contributed by atoms with Gasteiger partial charge in [-0.25, -0.2) is 4.39 Å². The lowest BCUT2D eigenvalue weighted by Crippen LogP contribution is -2.40. The smallest absolute Gasteiger partial charge is 0.259 e. The quantitative estimate of drug-likeness (QED) is 0.517. The van der Waals surface area contributed by atoms with E-state index in [0.29, 0.717) is 24.8 Å². The molecule has 0 atom stereocenters. The molecule has 0 unspecified atom stereocenters. The van der Waals surface area contributed by atoms with Gasteiger partial charge in [-0.15, -0.1) is 0 Å². The molecule has 7 heteroatoms. The fourth-order valence-corrected chi connectivity index (χ4v) is 3.22. The number of aliphatic imine (C=N–C) groups is 1. The van der Waals surface area contributed by atoms with Crippen LogP contribution in [0, 0.1) is 5.82 Å². The largest absolute Gasteiger partial charge is 0.484 e. The van der Waals surface area contributed by atoms with Crippen LogP contribution in [0.2, 0.25) is 0 Å². The van der Waals surface area contributed by atoms with Gasteiger partial charge in [0.2, 0.25) is 0 Å². The number of amides is 1. The minimum Gasteiger partial charge on any atom is -0.484 e. The van der Waals surface area contributed by atoms with Crippen molar-refractivity contribution in [1.82, 2.24) is 15.5 Å². The minimum atomic E-state index is -0.198. The summed E-state index contributed by atoms with van der Waals surface area (Å²) in [7, 11) is 5.12. The third kappa shape index (κ3) is 5.72. The highest BCUT2D eigenvalue weighted by Crippen LogP contribution is 2.47. The second-order valence-corrected chi connectivity index (χ2v) is 7.79. The van der Waals surface area contributed by atoms with Crippen LogP contribution in [0.25, 0.3) is 0 Å². The van der Waals surface area contributed by atoms with E-state index in [2.05, 4.69) is 15.6 Å². The highest BCUT2D eigenvalue weighted by molar-refractivity contribution is 5.80. The number of likely N-dealkylation sites (N-methyl/N-ethyl adjacent to an activating group) is 1. The molecule has 1 saturated carbocycles. The Hall–Kier alpha value is -3.09. The van der Waals surface area contributed by atoms with Crippen LogP contribution in [-0.4, -0.2) is 51.1 Å². The molecule has 1 aliphatic carbocycles. The van der Waals surface area contributed by atoms with E-state index >= 15 is 0 Å². The number of benzene rings is 2. The summed E-state index contributed by atoms with van der Waals surface area (Å²) in [6.45, 7) is 1.27. The molecular weight excluding hydrogens is 383 g/mol. The molecule has 0 aliphatic heterocycles. The topological polar surface area (TPSA) is 66.0 Å². The van der Waals surface area contributed by atoms with Crippen molar-refractivity contribution >= 4 is 11.9 Å². The Bertz CT molecular complexity index is 910. The van der Waals surface area contributed by atoms with Gasteiger partial charge in [-0.3, -0.25) is 9.79 Å². The van der Waals surface area contributed by atoms with Gasteiger partial charge in [-0.1, -0.05) is 24.3 Å². The average Bonchev–Trinajstić information content (AvgIpc) is 3.53. The zero-order valence-corrected chi connectivity index (χ0v) is 17.7. The van der Waals surface area contributed by atoms with E-state index in [9.17, 15) is 9.18 Å². The Balaban J connectivity index is 1.51. The van der Waals surface area contributed by atoms with Gasteiger partial charge in [0, 0.05) is 39.6 Å². The number of rotatable bonds is 8. The molecule has 0 radical (unpaired) electrons. The third-order valence-electron chi connectivity index (χ3n) is 5.33. The lowest BCUT2D eigenvalue weighted by Gasteiger charge is -2.19. The van der Waals surface area contributed by atoms with Crippen LogP contribution < -0.4 is 15.4 Å². The first-order valence-corrected chi connectivity index (χ1v) is 10.0. The average molecular weight is 413 g/mol. The lowest BCUT2D eigenvalue weighted by molar-refractivity contribution is -0.130. The number of guanidine groups is 1. The zero-order valence-electron chi connectivity index (χ0n) is 17.7. The van der Waals surface area contributed by atoms with Crippen molar-refractivity contribution in [3.63, 3.8) is 0 Å². The summed E-state index contributed by atoms with van der Waals surface area (Å²) in [5, 5.41) is 6.66. The molecule has 0 saturated heterocycles. The van der Waals surface area contributed by atoms with Gasteiger partial charge >= 0.3 is 0 Å². The highest BCUT2D eigenvalue weighted by Gasteiger charge is 2.44. The molecular formula is C23H29FN4O2. The molecule has 6 nitrogen and oxygen atoms in total. The van der Waals surface area contributed by atoms with Crippen molar-refractivity contribution in [2.45, 2.75) is 24.8 Å². The Kier molecular flexibility index (Phi) is 6.92. The highest BCUT2D eigenvalue weighted by atomic mass is 19.1. The van der Waals surface area contributed by atoms with E-state index in [-0.39, 0.29) is 23.7 Å². The first kappa shape index (κ1) is 21.6. The van der Waals surface area contributed by atoms with E-state index < -0.39 is 0 Å². The molecule has 0 heterocycles. The fourth-order valence-electron chi connectivity index (χ4n) is 3.22. The van der Waals surface area contributed by atoms with Crippen molar-refractivity contribution < 1.29 is 13.9 Å². The van der Waals surface area contributed by atoms with Crippen LogP contribution in [-0.2, 0) is 16.8 Å². The monoisotopic (exact) mass is 412 g/mol. The number of carbonyl (C=O) groups excluding carboxylic acids is 1. The Morgan fingerprint density at radius 2 is 1.93 bits per heavy atom. The summed E-state index contributed by atoms with van der Waals surface area (Å²) >= 11 is 0. The number of nitrogens with zero attached hydrogens (tertiary/aromatic N) is 2. The molecule has 0 aromatic heterocycles. The molecule has 1 amide bonds. The van der Waals surface area contributed by atoms with Gasteiger partial charge in [0.25, 0.3) is 5.91 Å². The molecule has 3 rings (SSSR count). The van der Waals surface area contributed by atoms with Crippen molar-refractivity contribution in [1.29, 1.82) is 0 Å². The molecule has 0 bridgehead atoms. The predicted molar refractivity (Wildman–Crippen MR) is 116 cm³/mol. The van der Waals surface area contributed by atoms with Crippen LogP contribution in [0.15, 0.2) is 53.5 Å². The molecule has 2 aromatic rings. The van der Waals surface area contributed by atoms with E-state index in [1.54, 1.807) is 33.3 Å². The van der Waals surface area contributed by atoms with Crippen LogP contribution >= 0.6 is 0 Å². The zero-order chi connectivity index (χ0) is 21.6. The molecule has 2 N–H and O–H groups in total. The van der Waals surface area contributed by atoms with Crippen LogP contribution in [0.5, 0.6) is 5.75 Å². The lowest BCUT2D eigenvalue weighted by atomic mass is 9.96. The first-order valence-electron chi connectivity index (χ1n) is 10.0. The summed E-state index contributed by atoms with van der Waals surface area (Å²) in [5.41, 5.74) is 2.02. The Morgan fingerprint density at radius 3 is 2.60 bits per heavy atom. The summed E-state index contributed by atoms with van der Waals surface area (Å²) in [5.74, 6) is 1.05. The van der Waals surface area contributed by atoms with Gasteiger partial charge in [-0.05, 0) is 48.2 Å². The molecule has 2 aromatic carbocycles. The van der Waals surface area contributed by atoms with Gasteiger partial charge in [0.1, 0.15) is 11.6 Å². The first-order chi connectivity index (χ1) is 14.4. The van der Waals surface area contributed by atoms with Crippen molar-refractivity contribution in [2.24, 2.45) is 4.99 Å². The van der Waals surface area contributed by atoms with Gasteiger partial charge in [-0.2, -0.15) is 0 Å². The van der Waals surface area contributed by atoms with E-state index in [4.69, 9.17) is 4.74 Å². The second kappa shape index (κ2) is 9.61. The van der Waals surface area contributed by atoms with E-state index in [1.165, 1.54) is 11.0 Å². The number of carbonyl (C=O) groups is 1. The van der Waals surface area contributed by atoms with Gasteiger partial charge in [0.15, 0.2) is 12.6 Å². The van der Waals surface area contributed by atoms with Gasteiger partial charge in [0.05, 0.1) is 0 Å². The number of ether oxygens (including phenoxy) is 1. The molecule has 0 spiro atoms. The number of nitrogens with one attached hydrogen (secondary N) is 2. The summed E-state index contributed by atoms with van der Waals surface area (Å²) in [6, 6.07) is 14.5. The standard InChI is InChI=1S/C23H29FN4O2/c1-25-22(27-16-23(10-11-23)18-7-5-8-19(24)13-18)26-14-17-6-4-9-20(12-17)30-15-21(29)28(2)3/h4-9,12-13H,10-11,14-16H2,1-3H3,(H2,25,26,27). The summed E-state index contributed by atoms with van der Waals surface area (Å²) in [4.78, 5) is 17.5. The molecule has 160 valence electrons. The maximum absolute atomic E-state index is 13.6. The molecule has 1 fully saturated rings. The Labute approximate surface area is 177 Å². The number of halogens is 1. The normalized spacial score (nSPS) is 14.7. The van der Waals surface area contributed by atoms with E-state index in [0.717, 1.165) is 24.0 Å². The number of hydrogen-bond acceptors (Lipinski definition) is 3. The fraction of sp³-hybridized carbons (Fsp3) is 0.391. The maximum atomic E-state index is 13.6. The predicted octanol–water partition coefficient (Wildman–Crippen LogP) is 2.69. The van der Waals surface area contributed by atoms with Crippen molar-refractivity contribution in [2.75, 3.05) is 34.3 Å². The maximum Gasteiger partial charge on any atom is 0.259 e. The van der Waals surface area contributed by atoms with Crippen LogP contribution in [0.4, 0.5) is 4.39 Å². The summed E-state index contributed by atoms with van der Waals surface area (Å²) in [6.07, 6.45) is 2.07. The van der Waals surface area contributed by atoms with Crippen LogP contribution in [0.3, 0.4) is 0 Å². The second-order valence-electron chi connectivity index (χ2n) is 7.79. The molecule has 1 aliphatic rings. The summed E-state index contributed by atoms with van der Waals surface area (Å²) < 4.78 is 19.1. The van der Waals surface area contributed by atoms with Crippen molar-refractivity contribution in [3.8, 4) is 5.75 Å². The van der Waals surface area contributed by atoms with E-state index in [1.807, 2.05) is 30.3 Å². The number of hydrogen-bond donors (Lipinski definition) is 2. The SMILES string of the molecule is CN=C(NCc1cccc(OCC(=O)N(C)C)c1)NCC1(c2cccc(F)c2)CC1.